The van der Waals surface area contributed by atoms with Crippen LogP contribution in [0.25, 0.3) is 0 Å². The van der Waals surface area contributed by atoms with Gasteiger partial charge in [-0.15, -0.1) is 0 Å². The second-order valence-electron chi connectivity index (χ2n) is 5.61. The monoisotopic (exact) mass is 283 g/mol. The van der Waals surface area contributed by atoms with Gasteiger partial charge >= 0.3 is 0 Å². The van der Waals surface area contributed by atoms with Gasteiger partial charge in [-0.25, -0.2) is 0 Å². The zero-order valence-electron chi connectivity index (χ0n) is 12.0. The Balaban J connectivity index is 0. The Morgan fingerprint density at radius 3 is 1.59 bits per heavy atom. The van der Waals surface area contributed by atoms with Crippen molar-refractivity contribution >= 4 is 11.6 Å². The molecular formula is C14H31Cl2N. The molecule has 0 amide bonds. The summed E-state index contributed by atoms with van der Waals surface area (Å²) in [6.45, 7) is 3.50. The van der Waals surface area contributed by atoms with Gasteiger partial charge in [-0.1, -0.05) is 63.5 Å². The van der Waals surface area contributed by atoms with E-state index in [0.717, 1.165) is 10.5 Å². The summed E-state index contributed by atoms with van der Waals surface area (Å²) in [6, 6.07) is 0.733. The molecule has 17 heavy (non-hydrogen) atoms. The minimum absolute atomic E-state index is 0. The fraction of sp³-hybridized carbons (Fsp3) is 1.00. The van der Waals surface area contributed by atoms with Gasteiger partial charge in [0, 0.05) is 0 Å². The molecule has 0 heterocycles. The smallest absolute Gasteiger partial charge is 0.154 e. The number of halogens is 2. The molecule has 0 atom stereocenters. The van der Waals surface area contributed by atoms with Crippen molar-refractivity contribution in [1.29, 1.82) is 0 Å². The molecule has 0 saturated carbocycles. The second kappa shape index (κ2) is 13.0. The summed E-state index contributed by atoms with van der Waals surface area (Å²) in [4.78, 5) is 0. The van der Waals surface area contributed by atoms with E-state index in [1.165, 1.54) is 64.3 Å². The second-order valence-corrected chi connectivity index (χ2v) is 5.85. The highest BCUT2D eigenvalue weighted by Gasteiger charge is 2.11. The van der Waals surface area contributed by atoms with Gasteiger partial charge in [0.1, 0.15) is 0 Å². The fourth-order valence-electron chi connectivity index (χ4n) is 1.91. The number of rotatable bonds is 11. The van der Waals surface area contributed by atoms with Gasteiger partial charge in [-0.3, -0.25) is 0 Å². The quantitative estimate of drug-likeness (QED) is 0.235. The maximum atomic E-state index is 5.88. The van der Waals surface area contributed by atoms with Crippen molar-refractivity contribution in [3.05, 3.63) is 0 Å². The number of unbranched alkanes of at least 4 members (excludes halogenated alkanes) is 8. The van der Waals surface area contributed by atoms with Gasteiger partial charge in [-0.05, 0) is 12.8 Å². The average Bonchev–Trinajstić information content (AvgIpc) is 2.27. The van der Waals surface area contributed by atoms with Gasteiger partial charge in [0.25, 0.3) is 0 Å². The molecule has 0 fully saturated rings. The number of hydrogen-bond acceptors (Lipinski definition) is 0. The van der Waals surface area contributed by atoms with E-state index >= 15 is 0 Å². The molecule has 0 radical (unpaired) electrons. The van der Waals surface area contributed by atoms with Crippen LogP contribution in [0, 0.1) is 0 Å². The zero-order valence-corrected chi connectivity index (χ0v) is 13.5. The highest BCUT2D eigenvalue weighted by Crippen LogP contribution is 2.11. The molecule has 3 heteroatoms. The first-order valence-corrected chi connectivity index (χ1v) is 7.54. The van der Waals surface area contributed by atoms with Crippen LogP contribution in [-0.2, 0) is 0 Å². The minimum atomic E-state index is 0. The first-order chi connectivity index (χ1) is 7.62. The molecule has 0 aliphatic carbocycles. The largest absolute Gasteiger partial charge is 1.00 e. The van der Waals surface area contributed by atoms with Gasteiger partial charge < -0.3 is 16.9 Å². The van der Waals surface area contributed by atoms with E-state index in [-0.39, 0.29) is 12.4 Å². The predicted octanol–water partition coefficient (Wildman–Crippen LogP) is 1.79. The topological polar surface area (TPSA) is 0 Å². The number of nitrogens with zero attached hydrogens (tertiary/aromatic N) is 1. The predicted molar refractivity (Wildman–Crippen MR) is 74.9 cm³/mol. The zero-order chi connectivity index (χ0) is 12.3. The van der Waals surface area contributed by atoms with E-state index in [9.17, 15) is 0 Å². The normalized spacial score (nSPS) is 11.3. The summed E-state index contributed by atoms with van der Waals surface area (Å²) in [5.41, 5.74) is 0. The third-order valence-electron chi connectivity index (χ3n) is 3.19. The molecule has 0 aromatic rings. The van der Waals surface area contributed by atoms with Crippen LogP contribution in [0.4, 0.5) is 0 Å². The molecule has 106 valence electrons. The van der Waals surface area contributed by atoms with Crippen LogP contribution in [0.5, 0.6) is 0 Å². The molecule has 0 aromatic carbocycles. The Morgan fingerprint density at radius 2 is 1.18 bits per heavy atom. The minimum Gasteiger partial charge on any atom is -1.00 e. The van der Waals surface area contributed by atoms with Crippen LogP contribution in [0.15, 0.2) is 0 Å². The molecule has 1 nitrogen and oxygen atoms in total. The Hall–Kier alpha value is 0.540. The van der Waals surface area contributed by atoms with E-state index in [0.29, 0.717) is 0 Å². The highest BCUT2D eigenvalue weighted by molar-refractivity contribution is 6.16. The molecule has 0 aromatic heterocycles. The number of quaternary nitrogens is 1. The third kappa shape index (κ3) is 14.5. The van der Waals surface area contributed by atoms with Crippen molar-refractivity contribution in [2.24, 2.45) is 0 Å². The van der Waals surface area contributed by atoms with Crippen molar-refractivity contribution in [3.63, 3.8) is 0 Å². The number of hydrogen-bond donors (Lipinski definition) is 0. The Kier molecular flexibility index (Phi) is 15.2. The lowest BCUT2D eigenvalue weighted by atomic mass is 10.1. The summed E-state index contributed by atoms with van der Waals surface area (Å²) in [5, 5.41) is 0. The molecule has 0 saturated heterocycles. The van der Waals surface area contributed by atoms with E-state index in [1.807, 2.05) is 0 Å². The van der Waals surface area contributed by atoms with Gasteiger partial charge in [0.2, 0.25) is 0 Å². The highest BCUT2D eigenvalue weighted by atomic mass is 35.5. The molecule has 0 aliphatic rings. The summed E-state index contributed by atoms with van der Waals surface area (Å²) < 4.78 is 0.956. The Bertz CT molecular complexity index is 149. The van der Waals surface area contributed by atoms with Crippen LogP contribution in [0.2, 0.25) is 0 Å². The van der Waals surface area contributed by atoms with Crippen LogP contribution in [0.3, 0.4) is 0 Å². The van der Waals surface area contributed by atoms with Crippen LogP contribution >= 0.6 is 11.6 Å². The van der Waals surface area contributed by atoms with Crippen molar-refractivity contribution in [3.8, 4) is 0 Å². The summed E-state index contributed by atoms with van der Waals surface area (Å²) in [7, 11) is 4.41. The van der Waals surface area contributed by atoms with E-state index < -0.39 is 0 Å². The average molecular weight is 284 g/mol. The van der Waals surface area contributed by atoms with E-state index in [2.05, 4.69) is 21.0 Å². The molecule has 0 aliphatic heterocycles. The SMILES string of the molecule is CCCCCCCCCCC[N+](C)(C)CCl.[Cl-]. The molecule has 0 N–H and O–H groups in total. The molecule has 0 bridgehead atoms. The van der Waals surface area contributed by atoms with Crippen molar-refractivity contribution in [1.82, 2.24) is 0 Å². The maximum Gasteiger partial charge on any atom is 0.154 e. The molecule has 0 spiro atoms. The Morgan fingerprint density at radius 1 is 0.765 bits per heavy atom. The molecule has 0 rings (SSSR count). The fourth-order valence-corrected chi connectivity index (χ4v) is 2.03. The molecular weight excluding hydrogens is 253 g/mol. The van der Waals surface area contributed by atoms with Crippen molar-refractivity contribution in [2.75, 3.05) is 26.6 Å². The summed E-state index contributed by atoms with van der Waals surface area (Å²) in [5.74, 6) is 0. The summed E-state index contributed by atoms with van der Waals surface area (Å²) in [6.07, 6.45) is 12.6. The van der Waals surface area contributed by atoms with Crippen molar-refractivity contribution < 1.29 is 16.9 Å². The summed E-state index contributed by atoms with van der Waals surface area (Å²) >= 11 is 5.88. The Labute approximate surface area is 120 Å². The van der Waals surface area contributed by atoms with Crippen LogP contribution in [0.1, 0.15) is 64.7 Å². The van der Waals surface area contributed by atoms with Gasteiger partial charge in [0.15, 0.2) is 6.00 Å². The lowest BCUT2D eigenvalue weighted by Gasteiger charge is -2.26. The number of alkyl halides is 1. The van der Waals surface area contributed by atoms with E-state index in [1.54, 1.807) is 0 Å². The lowest BCUT2D eigenvalue weighted by molar-refractivity contribution is -0.879. The standard InChI is InChI=1S/C14H31ClN.ClH/c1-4-5-6-7-8-9-10-11-12-13-16(2,3)14-15;/h4-14H2,1-3H3;1H/q+1;/p-1. The first-order valence-electron chi connectivity index (χ1n) is 7.00. The lowest BCUT2D eigenvalue weighted by Crippen LogP contribution is -3.00. The van der Waals surface area contributed by atoms with E-state index in [4.69, 9.17) is 11.6 Å². The first kappa shape index (κ1) is 19.9. The van der Waals surface area contributed by atoms with Crippen LogP contribution < -0.4 is 12.4 Å². The molecule has 0 unspecified atom stereocenters. The third-order valence-corrected chi connectivity index (χ3v) is 3.84. The van der Waals surface area contributed by atoms with Gasteiger partial charge in [-0.2, -0.15) is 0 Å². The maximum absolute atomic E-state index is 5.88. The van der Waals surface area contributed by atoms with Crippen molar-refractivity contribution in [2.45, 2.75) is 64.7 Å². The van der Waals surface area contributed by atoms with Crippen LogP contribution in [-0.4, -0.2) is 31.1 Å². The van der Waals surface area contributed by atoms with Gasteiger partial charge in [0.05, 0.1) is 20.6 Å².